The van der Waals surface area contributed by atoms with Crippen molar-refractivity contribution < 1.29 is 9.90 Å². The highest BCUT2D eigenvalue weighted by molar-refractivity contribution is 5.89. The SMILES string of the molecule is CN(Cc1ccccc1)c1nc2nc(N3CCN(C=O)CC3)nc(N(C)CCO)c2nc1-c1ccccc1. The van der Waals surface area contributed by atoms with Gasteiger partial charge in [-0.05, 0) is 5.56 Å². The highest BCUT2D eigenvalue weighted by Crippen LogP contribution is 2.33. The zero-order valence-corrected chi connectivity index (χ0v) is 21.7. The molecule has 0 bridgehead atoms. The van der Waals surface area contributed by atoms with Crippen molar-refractivity contribution in [2.75, 3.05) is 68.1 Å². The molecule has 5 rings (SSSR count). The first-order valence-corrected chi connectivity index (χ1v) is 12.7. The van der Waals surface area contributed by atoms with Crippen molar-refractivity contribution in [2.24, 2.45) is 0 Å². The summed E-state index contributed by atoms with van der Waals surface area (Å²) in [6.45, 7) is 3.50. The Hall–Kier alpha value is -4.31. The summed E-state index contributed by atoms with van der Waals surface area (Å²) in [6, 6.07) is 20.2. The van der Waals surface area contributed by atoms with Crippen molar-refractivity contribution in [3.63, 3.8) is 0 Å². The molecule has 10 heteroatoms. The molecular weight excluding hydrogens is 480 g/mol. The number of hydrogen-bond acceptors (Lipinski definition) is 9. The maximum absolute atomic E-state index is 11.2. The van der Waals surface area contributed by atoms with Crippen LogP contribution in [0.5, 0.6) is 0 Å². The van der Waals surface area contributed by atoms with Gasteiger partial charge in [-0.1, -0.05) is 60.7 Å². The lowest BCUT2D eigenvalue weighted by Crippen LogP contribution is -2.46. The molecule has 0 saturated carbocycles. The van der Waals surface area contributed by atoms with Crippen molar-refractivity contribution in [2.45, 2.75) is 6.54 Å². The number of nitrogens with zero attached hydrogens (tertiary/aromatic N) is 8. The smallest absolute Gasteiger partial charge is 0.229 e. The van der Waals surface area contributed by atoms with Gasteiger partial charge in [-0.2, -0.15) is 9.97 Å². The van der Waals surface area contributed by atoms with Gasteiger partial charge in [0.05, 0.1) is 6.61 Å². The first-order valence-electron chi connectivity index (χ1n) is 12.7. The molecule has 1 aliphatic rings. The zero-order valence-electron chi connectivity index (χ0n) is 21.7. The van der Waals surface area contributed by atoms with E-state index in [1.54, 1.807) is 4.90 Å². The predicted molar refractivity (Wildman–Crippen MR) is 149 cm³/mol. The van der Waals surface area contributed by atoms with Crippen LogP contribution in [0.25, 0.3) is 22.4 Å². The second-order valence-corrected chi connectivity index (χ2v) is 9.40. The van der Waals surface area contributed by atoms with E-state index in [4.69, 9.17) is 19.9 Å². The van der Waals surface area contributed by atoms with Crippen molar-refractivity contribution in [3.05, 3.63) is 66.2 Å². The molecule has 2 aromatic carbocycles. The molecule has 0 spiro atoms. The highest BCUT2D eigenvalue weighted by atomic mass is 16.3. The van der Waals surface area contributed by atoms with E-state index in [1.807, 2.05) is 67.5 Å². The summed E-state index contributed by atoms with van der Waals surface area (Å²) in [5.74, 6) is 1.87. The maximum Gasteiger partial charge on any atom is 0.229 e. The number of aliphatic hydroxyl groups is 1. The van der Waals surface area contributed by atoms with Gasteiger partial charge in [0.2, 0.25) is 12.4 Å². The van der Waals surface area contributed by atoms with Crippen LogP contribution in [-0.2, 0) is 11.3 Å². The number of hydrogen-bond donors (Lipinski definition) is 1. The fourth-order valence-electron chi connectivity index (χ4n) is 4.59. The van der Waals surface area contributed by atoms with Gasteiger partial charge in [0.25, 0.3) is 0 Å². The van der Waals surface area contributed by atoms with Crippen LogP contribution in [0.2, 0.25) is 0 Å². The number of benzene rings is 2. The van der Waals surface area contributed by atoms with E-state index in [-0.39, 0.29) is 6.61 Å². The Labute approximate surface area is 222 Å². The number of aromatic nitrogens is 4. The lowest BCUT2D eigenvalue weighted by atomic mass is 10.1. The Kier molecular flexibility index (Phi) is 7.60. The fourth-order valence-corrected chi connectivity index (χ4v) is 4.59. The quantitative estimate of drug-likeness (QED) is 0.339. The van der Waals surface area contributed by atoms with E-state index in [9.17, 15) is 9.90 Å². The minimum Gasteiger partial charge on any atom is -0.395 e. The average Bonchev–Trinajstić information content (AvgIpc) is 2.97. The first-order chi connectivity index (χ1) is 18.6. The van der Waals surface area contributed by atoms with Gasteiger partial charge in [-0.15, -0.1) is 0 Å². The Morgan fingerprint density at radius 3 is 2.18 bits per heavy atom. The Balaban J connectivity index is 1.65. The number of anilines is 3. The van der Waals surface area contributed by atoms with Crippen LogP contribution in [0.4, 0.5) is 17.6 Å². The van der Waals surface area contributed by atoms with Gasteiger partial charge in [0, 0.05) is 58.9 Å². The van der Waals surface area contributed by atoms with Gasteiger partial charge in [0.1, 0.15) is 5.69 Å². The third kappa shape index (κ3) is 5.35. The summed E-state index contributed by atoms with van der Waals surface area (Å²) in [5, 5.41) is 9.66. The Morgan fingerprint density at radius 1 is 0.842 bits per heavy atom. The third-order valence-electron chi connectivity index (χ3n) is 6.70. The summed E-state index contributed by atoms with van der Waals surface area (Å²) < 4.78 is 0. The standard InChI is InChI=1S/C28H32N8O2/c1-33(17-18-37)27-24-25(31-28(32-27)36-15-13-35(20-38)14-16-36)30-26(23(29-24)22-11-7-4-8-12-22)34(2)19-21-9-5-3-6-10-21/h3-12,20,37H,13-19H2,1-2H3. The summed E-state index contributed by atoms with van der Waals surface area (Å²) in [5.41, 5.74) is 3.91. The van der Waals surface area contributed by atoms with Crippen LogP contribution in [0.15, 0.2) is 60.7 Å². The molecular formula is C28H32N8O2. The average molecular weight is 513 g/mol. The number of carbonyl (C=O) groups is 1. The van der Waals surface area contributed by atoms with Crippen LogP contribution in [0, 0.1) is 0 Å². The fraction of sp³-hybridized carbons (Fsp3) is 0.321. The maximum atomic E-state index is 11.2. The lowest BCUT2D eigenvalue weighted by molar-refractivity contribution is -0.118. The van der Waals surface area contributed by atoms with Crippen LogP contribution in [0.3, 0.4) is 0 Å². The largest absolute Gasteiger partial charge is 0.395 e. The predicted octanol–water partition coefficient (Wildman–Crippen LogP) is 2.43. The highest BCUT2D eigenvalue weighted by Gasteiger charge is 2.24. The molecule has 1 amide bonds. The van der Waals surface area contributed by atoms with Crippen LogP contribution < -0.4 is 14.7 Å². The number of piperazine rings is 1. The summed E-state index contributed by atoms with van der Waals surface area (Å²) in [7, 11) is 3.89. The van der Waals surface area contributed by atoms with Crippen molar-refractivity contribution in [3.8, 4) is 11.3 Å². The van der Waals surface area contributed by atoms with Crippen LogP contribution in [0.1, 0.15) is 5.56 Å². The van der Waals surface area contributed by atoms with Gasteiger partial charge in [0.15, 0.2) is 22.8 Å². The molecule has 4 aromatic rings. The summed E-state index contributed by atoms with van der Waals surface area (Å²) >= 11 is 0. The summed E-state index contributed by atoms with van der Waals surface area (Å²) in [4.78, 5) is 38.9. The van der Waals surface area contributed by atoms with Gasteiger partial charge >= 0.3 is 0 Å². The molecule has 0 unspecified atom stereocenters. The number of carbonyl (C=O) groups excluding carboxylic acids is 1. The first kappa shape index (κ1) is 25.3. The van der Waals surface area contributed by atoms with E-state index in [2.05, 4.69) is 21.9 Å². The Bertz CT molecular complexity index is 1380. The molecule has 0 radical (unpaired) electrons. The van der Waals surface area contributed by atoms with E-state index < -0.39 is 0 Å². The molecule has 10 nitrogen and oxygen atoms in total. The molecule has 1 N–H and O–H groups in total. The van der Waals surface area contributed by atoms with Crippen LogP contribution >= 0.6 is 0 Å². The molecule has 1 aliphatic heterocycles. The molecule has 2 aromatic heterocycles. The zero-order chi connectivity index (χ0) is 26.5. The topological polar surface area (TPSA) is 102 Å². The number of rotatable bonds is 9. The molecule has 38 heavy (non-hydrogen) atoms. The minimum atomic E-state index is -0.0216. The molecule has 0 aliphatic carbocycles. The number of amides is 1. The van der Waals surface area contributed by atoms with Crippen molar-refractivity contribution in [1.82, 2.24) is 24.8 Å². The molecule has 0 atom stereocenters. The molecule has 1 saturated heterocycles. The molecule has 3 heterocycles. The Morgan fingerprint density at radius 2 is 1.53 bits per heavy atom. The van der Waals surface area contributed by atoms with E-state index in [1.165, 1.54) is 0 Å². The second-order valence-electron chi connectivity index (χ2n) is 9.40. The number of likely N-dealkylation sites (N-methyl/N-ethyl adjacent to an activating group) is 1. The number of fused-ring (bicyclic) bond motifs is 1. The van der Waals surface area contributed by atoms with Gasteiger partial charge in [-0.3, -0.25) is 4.79 Å². The molecule has 1 fully saturated rings. The molecule has 196 valence electrons. The lowest BCUT2D eigenvalue weighted by Gasteiger charge is -2.33. The normalized spacial score (nSPS) is 13.6. The third-order valence-corrected chi connectivity index (χ3v) is 6.70. The van der Waals surface area contributed by atoms with Crippen molar-refractivity contribution in [1.29, 1.82) is 0 Å². The minimum absolute atomic E-state index is 0.0216. The second kappa shape index (κ2) is 11.4. The monoisotopic (exact) mass is 512 g/mol. The van der Waals surface area contributed by atoms with Gasteiger partial charge < -0.3 is 24.7 Å². The van der Waals surface area contributed by atoms with Gasteiger partial charge in [-0.25, -0.2) is 9.97 Å². The van der Waals surface area contributed by atoms with Crippen molar-refractivity contribution >= 4 is 35.2 Å². The van der Waals surface area contributed by atoms with Crippen LogP contribution in [-0.4, -0.2) is 89.8 Å². The van der Waals surface area contributed by atoms with E-state index in [0.717, 1.165) is 29.0 Å². The van der Waals surface area contributed by atoms with E-state index in [0.29, 0.717) is 62.2 Å². The van der Waals surface area contributed by atoms with E-state index >= 15 is 0 Å². The summed E-state index contributed by atoms with van der Waals surface area (Å²) in [6.07, 6.45) is 0.879. The number of aliphatic hydroxyl groups excluding tert-OH is 1.